The third-order valence-electron chi connectivity index (χ3n) is 3.97. The van der Waals surface area contributed by atoms with E-state index in [9.17, 15) is 14.9 Å². The number of nitro benzene ring substituents is 1. The van der Waals surface area contributed by atoms with Crippen molar-refractivity contribution < 1.29 is 19.2 Å². The predicted octanol–water partition coefficient (Wildman–Crippen LogP) is 3.98. The number of non-ortho nitro benzene ring substituents is 1. The summed E-state index contributed by atoms with van der Waals surface area (Å²) >= 11 is 0. The van der Waals surface area contributed by atoms with Crippen LogP contribution in [-0.4, -0.2) is 34.6 Å². The molecule has 0 saturated heterocycles. The first-order chi connectivity index (χ1) is 14.0. The zero-order valence-corrected chi connectivity index (χ0v) is 15.8. The molecule has 0 saturated carbocycles. The molecule has 3 rings (SSSR count). The topological polar surface area (TPSA) is 116 Å². The largest absolute Gasteiger partial charge is 0.494 e. The van der Waals surface area contributed by atoms with Gasteiger partial charge in [-0.05, 0) is 13.0 Å². The number of esters is 1. The molecule has 148 valence electrons. The molecule has 0 aliphatic heterocycles. The fraction of sp³-hybridized carbons (Fsp3) is 0.150. The van der Waals surface area contributed by atoms with Crippen molar-refractivity contribution in [3.05, 3.63) is 70.4 Å². The first kappa shape index (κ1) is 19.7. The van der Waals surface area contributed by atoms with E-state index in [0.29, 0.717) is 11.5 Å². The SMILES string of the molecule is CCOC(=O)c1cnc(-c2ccccc2)nc1Nc1ccc([N+](=O)[O-])cc1OC. The molecule has 1 aromatic heterocycles. The van der Waals surface area contributed by atoms with Gasteiger partial charge in [-0.2, -0.15) is 0 Å². The molecule has 0 bridgehead atoms. The van der Waals surface area contributed by atoms with Gasteiger partial charge >= 0.3 is 5.97 Å². The predicted molar refractivity (Wildman–Crippen MR) is 106 cm³/mol. The van der Waals surface area contributed by atoms with Crippen molar-refractivity contribution in [1.29, 1.82) is 0 Å². The molecule has 29 heavy (non-hydrogen) atoms. The van der Waals surface area contributed by atoms with Crippen molar-refractivity contribution in [2.45, 2.75) is 6.92 Å². The van der Waals surface area contributed by atoms with Crippen LogP contribution >= 0.6 is 0 Å². The zero-order chi connectivity index (χ0) is 20.8. The summed E-state index contributed by atoms with van der Waals surface area (Å²) in [5.74, 6) is 0.246. The molecular formula is C20H18N4O5. The molecule has 0 fully saturated rings. The first-order valence-electron chi connectivity index (χ1n) is 8.72. The molecule has 3 aromatic rings. The smallest absolute Gasteiger partial charge is 0.343 e. The van der Waals surface area contributed by atoms with Gasteiger partial charge < -0.3 is 14.8 Å². The average Bonchev–Trinajstić information content (AvgIpc) is 2.74. The number of nitro groups is 1. The molecular weight excluding hydrogens is 376 g/mol. The molecule has 0 radical (unpaired) electrons. The molecule has 0 spiro atoms. The highest BCUT2D eigenvalue weighted by Gasteiger charge is 2.19. The summed E-state index contributed by atoms with van der Waals surface area (Å²) in [6.07, 6.45) is 1.38. The second kappa shape index (κ2) is 8.79. The number of ether oxygens (including phenoxy) is 2. The Bertz CT molecular complexity index is 1040. The number of carbonyl (C=O) groups excluding carboxylic acids is 1. The highest BCUT2D eigenvalue weighted by atomic mass is 16.6. The van der Waals surface area contributed by atoms with Gasteiger partial charge in [0.2, 0.25) is 0 Å². The minimum Gasteiger partial charge on any atom is -0.494 e. The number of hydrogen-bond acceptors (Lipinski definition) is 8. The van der Waals surface area contributed by atoms with E-state index in [1.807, 2.05) is 30.3 Å². The fourth-order valence-corrected chi connectivity index (χ4v) is 2.59. The van der Waals surface area contributed by atoms with E-state index in [0.717, 1.165) is 5.56 Å². The number of rotatable bonds is 7. The molecule has 2 aromatic carbocycles. The van der Waals surface area contributed by atoms with Crippen LogP contribution in [0.5, 0.6) is 5.75 Å². The van der Waals surface area contributed by atoms with Crippen molar-refractivity contribution in [2.24, 2.45) is 0 Å². The lowest BCUT2D eigenvalue weighted by Crippen LogP contribution is -2.11. The summed E-state index contributed by atoms with van der Waals surface area (Å²) in [6.45, 7) is 1.89. The third kappa shape index (κ3) is 4.46. The maximum absolute atomic E-state index is 12.3. The normalized spacial score (nSPS) is 10.3. The molecule has 1 N–H and O–H groups in total. The Morgan fingerprint density at radius 1 is 1.21 bits per heavy atom. The van der Waals surface area contributed by atoms with Crippen LogP contribution in [0.3, 0.4) is 0 Å². The summed E-state index contributed by atoms with van der Waals surface area (Å²) in [7, 11) is 1.39. The number of carbonyl (C=O) groups is 1. The minimum absolute atomic E-state index is 0.120. The maximum Gasteiger partial charge on any atom is 0.343 e. The zero-order valence-electron chi connectivity index (χ0n) is 15.8. The summed E-state index contributed by atoms with van der Waals surface area (Å²) in [5, 5.41) is 14.0. The number of nitrogens with one attached hydrogen (secondary N) is 1. The number of benzene rings is 2. The van der Waals surface area contributed by atoms with Crippen molar-refractivity contribution in [1.82, 2.24) is 9.97 Å². The standard InChI is InChI=1S/C20H18N4O5/c1-3-29-20(25)15-12-21-18(13-7-5-4-6-8-13)23-19(15)22-16-10-9-14(24(26)27)11-17(16)28-2/h4-12H,3H2,1-2H3,(H,21,22,23). The van der Waals surface area contributed by atoms with Gasteiger partial charge in [0.25, 0.3) is 5.69 Å². The fourth-order valence-electron chi connectivity index (χ4n) is 2.59. The van der Waals surface area contributed by atoms with Gasteiger partial charge in [-0.15, -0.1) is 0 Å². The molecule has 0 aliphatic carbocycles. The highest BCUT2D eigenvalue weighted by molar-refractivity contribution is 5.95. The van der Waals surface area contributed by atoms with Gasteiger partial charge in [-0.25, -0.2) is 14.8 Å². The van der Waals surface area contributed by atoms with E-state index in [1.54, 1.807) is 6.92 Å². The Labute approximate surface area is 166 Å². The van der Waals surface area contributed by atoms with E-state index in [1.165, 1.54) is 31.5 Å². The molecule has 0 amide bonds. The Balaban J connectivity index is 2.06. The van der Waals surface area contributed by atoms with E-state index >= 15 is 0 Å². The van der Waals surface area contributed by atoms with E-state index in [4.69, 9.17) is 9.47 Å². The highest BCUT2D eigenvalue weighted by Crippen LogP contribution is 2.32. The molecule has 0 atom stereocenters. The van der Waals surface area contributed by atoms with Crippen LogP contribution in [0.2, 0.25) is 0 Å². The van der Waals surface area contributed by atoms with Crippen molar-refractivity contribution >= 4 is 23.2 Å². The van der Waals surface area contributed by atoms with Crippen LogP contribution in [0.1, 0.15) is 17.3 Å². The number of aromatic nitrogens is 2. The number of anilines is 2. The third-order valence-corrected chi connectivity index (χ3v) is 3.97. The van der Waals surface area contributed by atoms with Gasteiger partial charge in [0.15, 0.2) is 5.82 Å². The number of hydrogen-bond donors (Lipinski definition) is 1. The Morgan fingerprint density at radius 3 is 2.62 bits per heavy atom. The van der Waals surface area contributed by atoms with Crippen LogP contribution in [0, 0.1) is 10.1 Å². The van der Waals surface area contributed by atoms with Crippen LogP contribution in [0.25, 0.3) is 11.4 Å². The summed E-state index contributed by atoms with van der Waals surface area (Å²) < 4.78 is 10.3. The van der Waals surface area contributed by atoms with Gasteiger partial charge in [0, 0.05) is 17.8 Å². The van der Waals surface area contributed by atoms with Gasteiger partial charge in [-0.1, -0.05) is 30.3 Å². The van der Waals surface area contributed by atoms with E-state index in [-0.39, 0.29) is 29.4 Å². The van der Waals surface area contributed by atoms with Crippen molar-refractivity contribution in [3.8, 4) is 17.1 Å². The first-order valence-corrected chi connectivity index (χ1v) is 8.72. The quantitative estimate of drug-likeness (QED) is 0.363. The van der Waals surface area contributed by atoms with Crippen LogP contribution < -0.4 is 10.1 Å². The van der Waals surface area contributed by atoms with Crippen LogP contribution in [-0.2, 0) is 4.74 Å². The average molecular weight is 394 g/mol. The molecule has 9 nitrogen and oxygen atoms in total. The summed E-state index contributed by atoms with van der Waals surface area (Å²) in [4.78, 5) is 31.5. The van der Waals surface area contributed by atoms with Crippen LogP contribution in [0.15, 0.2) is 54.7 Å². The minimum atomic E-state index is -0.588. The van der Waals surface area contributed by atoms with Crippen molar-refractivity contribution in [3.63, 3.8) is 0 Å². The monoisotopic (exact) mass is 394 g/mol. The molecule has 9 heteroatoms. The van der Waals surface area contributed by atoms with Gasteiger partial charge in [0.1, 0.15) is 17.1 Å². The summed E-state index contributed by atoms with van der Waals surface area (Å²) in [5.41, 5.74) is 1.18. The maximum atomic E-state index is 12.3. The number of nitrogens with zero attached hydrogens (tertiary/aromatic N) is 3. The second-order valence-electron chi connectivity index (χ2n) is 5.81. The molecule has 0 aliphatic rings. The Hall–Kier alpha value is -4.01. The molecule has 1 heterocycles. The lowest BCUT2D eigenvalue weighted by atomic mass is 10.2. The van der Waals surface area contributed by atoms with Gasteiger partial charge in [-0.3, -0.25) is 10.1 Å². The van der Waals surface area contributed by atoms with Crippen molar-refractivity contribution in [2.75, 3.05) is 19.0 Å². The summed E-state index contributed by atoms with van der Waals surface area (Å²) in [6, 6.07) is 13.4. The Morgan fingerprint density at radius 2 is 1.97 bits per heavy atom. The van der Waals surface area contributed by atoms with E-state index < -0.39 is 10.9 Å². The van der Waals surface area contributed by atoms with E-state index in [2.05, 4.69) is 15.3 Å². The Kier molecular flexibility index (Phi) is 5.98. The number of methoxy groups -OCH3 is 1. The lowest BCUT2D eigenvalue weighted by molar-refractivity contribution is -0.384. The molecule has 0 unspecified atom stereocenters. The van der Waals surface area contributed by atoms with Crippen LogP contribution in [0.4, 0.5) is 17.2 Å². The lowest BCUT2D eigenvalue weighted by Gasteiger charge is -2.14. The second-order valence-corrected chi connectivity index (χ2v) is 5.81. The van der Waals surface area contributed by atoms with Gasteiger partial charge in [0.05, 0.1) is 30.4 Å².